The Kier molecular flexibility index (Phi) is 3.52. The van der Waals surface area contributed by atoms with Gasteiger partial charge in [0, 0.05) is 25.4 Å². The van der Waals surface area contributed by atoms with Crippen LogP contribution in [0.1, 0.15) is 23.7 Å². The van der Waals surface area contributed by atoms with Crippen molar-refractivity contribution in [2.75, 3.05) is 18.6 Å². The number of aliphatic hydroxyl groups excluding tert-OH is 1. The molecule has 0 fully saturated rings. The molecule has 104 valence electrons. The number of methoxy groups -OCH3 is 1. The highest BCUT2D eigenvalue weighted by Gasteiger charge is 2.21. The highest BCUT2D eigenvalue weighted by atomic mass is 16.5. The third kappa shape index (κ3) is 2.44. The molecule has 0 saturated heterocycles. The van der Waals surface area contributed by atoms with Gasteiger partial charge in [0.2, 0.25) is 11.8 Å². The van der Waals surface area contributed by atoms with Gasteiger partial charge < -0.3 is 14.7 Å². The molecule has 1 unspecified atom stereocenters. The fourth-order valence-electron chi connectivity index (χ4n) is 2.49. The molecule has 0 amide bonds. The van der Waals surface area contributed by atoms with Crippen molar-refractivity contribution in [3.8, 4) is 5.88 Å². The van der Waals surface area contributed by atoms with Gasteiger partial charge in [-0.3, -0.25) is 0 Å². The van der Waals surface area contributed by atoms with Crippen LogP contribution in [0.2, 0.25) is 0 Å². The highest BCUT2D eigenvalue weighted by molar-refractivity contribution is 5.39. The van der Waals surface area contributed by atoms with Crippen LogP contribution in [0.15, 0.2) is 36.5 Å². The fourth-order valence-corrected chi connectivity index (χ4v) is 2.49. The summed E-state index contributed by atoms with van der Waals surface area (Å²) in [6.07, 6.45) is 1.92. The van der Waals surface area contributed by atoms with Gasteiger partial charge >= 0.3 is 0 Å². The minimum atomic E-state index is -0.429. The summed E-state index contributed by atoms with van der Waals surface area (Å²) in [6, 6.07) is 9.69. The Balaban J connectivity index is 1.92. The van der Waals surface area contributed by atoms with E-state index in [0.717, 1.165) is 11.1 Å². The molecule has 0 bridgehead atoms. The minimum Gasteiger partial charge on any atom is -0.481 e. The molecule has 0 aliphatic carbocycles. The summed E-state index contributed by atoms with van der Waals surface area (Å²) in [4.78, 5) is 10.7. The quantitative estimate of drug-likeness (QED) is 0.904. The molecule has 1 aromatic carbocycles. The molecule has 1 aliphatic heterocycles. The molecule has 1 aliphatic rings. The molecule has 2 aromatic rings. The Morgan fingerprint density at radius 1 is 1.30 bits per heavy atom. The van der Waals surface area contributed by atoms with Crippen molar-refractivity contribution in [1.82, 2.24) is 9.97 Å². The Labute approximate surface area is 117 Å². The third-order valence-electron chi connectivity index (χ3n) is 3.56. The second-order valence-corrected chi connectivity index (χ2v) is 4.82. The lowest BCUT2D eigenvalue weighted by Crippen LogP contribution is -2.24. The van der Waals surface area contributed by atoms with E-state index in [2.05, 4.69) is 14.9 Å². The summed E-state index contributed by atoms with van der Waals surface area (Å²) in [6.45, 7) is 1.41. The molecule has 0 saturated carbocycles. The topological polar surface area (TPSA) is 58.5 Å². The summed E-state index contributed by atoms with van der Waals surface area (Å²) in [5.41, 5.74) is 2.11. The number of aromatic nitrogens is 2. The van der Waals surface area contributed by atoms with Crippen LogP contribution in [0.25, 0.3) is 0 Å². The second kappa shape index (κ2) is 5.46. The van der Waals surface area contributed by atoms with Crippen molar-refractivity contribution in [2.45, 2.75) is 19.1 Å². The SMILES string of the molecule is COc1ccnc(N2CCC(O)c3ccccc3C2)n1. The molecule has 5 nitrogen and oxygen atoms in total. The van der Waals surface area contributed by atoms with Crippen molar-refractivity contribution in [3.63, 3.8) is 0 Å². The van der Waals surface area contributed by atoms with Crippen LogP contribution in [0.5, 0.6) is 5.88 Å². The number of hydrogen-bond acceptors (Lipinski definition) is 5. The van der Waals surface area contributed by atoms with Crippen LogP contribution in [-0.2, 0) is 6.54 Å². The zero-order chi connectivity index (χ0) is 13.9. The van der Waals surface area contributed by atoms with Crippen molar-refractivity contribution >= 4 is 5.95 Å². The number of rotatable bonds is 2. The third-order valence-corrected chi connectivity index (χ3v) is 3.56. The predicted molar refractivity (Wildman–Crippen MR) is 75.7 cm³/mol. The van der Waals surface area contributed by atoms with E-state index < -0.39 is 6.10 Å². The molecule has 1 atom stereocenters. The average Bonchev–Trinajstić information content (AvgIpc) is 2.67. The van der Waals surface area contributed by atoms with Gasteiger partial charge in [-0.1, -0.05) is 24.3 Å². The summed E-state index contributed by atoms with van der Waals surface area (Å²) in [7, 11) is 1.59. The van der Waals surface area contributed by atoms with E-state index in [1.807, 2.05) is 24.3 Å². The standard InChI is InChI=1S/C15H17N3O2/c1-20-14-6-8-16-15(17-14)18-9-7-13(19)12-5-3-2-4-11(12)10-18/h2-6,8,13,19H,7,9-10H2,1H3. The fraction of sp³-hybridized carbons (Fsp3) is 0.333. The van der Waals surface area contributed by atoms with E-state index in [4.69, 9.17) is 4.74 Å². The maximum atomic E-state index is 10.2. The summed E-state index contributed by atoms with van der Waals surface area (Å²) in [5.74, 6) is 1.18. The number of anilines is 1. The molecule has 2 heterocycles. The summed E-state index contributed by atoms with van der Waals surface area (Å²) < 4.78 is 5.14. The van der Waals surface area contributed by atoms with Crippen LogP contribution >= 0.6 is 0 Å². The molecule has 3 rings (SSSR count). The van der Waals surface area contributed by atoms with E-state index >= 15 is 0 Å². The Morgan fingerprint density at radius 2 is 2.15 bits per heavy atom. The van der Waals surface area contributed by atoms with Crippen LogP contribution in [0.3, 0.4) is 0 Å². The Morgan fingerprint density at radius 3 is 3.00 bits per heavy atom. The normalized spacial score (nSPS) is 18.3. The molecule has 0 spiro atoms. The van der Waals surface area contributed by atoms with Crippen molar-refractivity contribution in [1.29, 1.82) is 0 Å². The molecule has 0 radical (unpaired) electrons. The zero-order valence-corrected chi connectivity index (χ0v) is 11.4. The van der Waals surface area contributed by atoms with Gasteiger partial charge in [0.1, 0.15) is 0 Å². The van der Waals surface area contributed by atoms with Gasteiger partial charge in [0.05, 0.1) is 13.2 Å². The summed E-state index contributed by atoms with van der Waals surface area (Å²) >= 11 is 0. The Bertz CT molecular complexity index is 603. The molecule has 1 N–H and O–H groups in total. The van der Waals surface area contributed by atoms with Crippen LogP contribution < -0.4 is 9.64 Å². The number of hydrogen-bond donors (Lipinski definition) is 1. The Hall–Kier alpha value is -2.14. The largest absolute Gasteiger partial charge is 0.481 e. The first kappa shape index (κ1) is 12.9. The van der Waals surface area contributed by atoms with E-state index in [1.54, 1.807) is 19.4 Å². The van der Waals surface area contributed by atoms with Gasteiger partial charge in [0.25, 0.3) is 0 Å². The van der Waals surface area contributed by atoms with Gasteiger partial charge in [-0.25, -0.2) is 4.98 Å². The molecule has 5 heteroatoms. The van der Waals surface area contributed by atoms with Crippen molar-refractivity contribution in [2.24, 2.45) is 0 Å². The molecular weight excluding hydrogens is 254 g/mol. The van der Waals surface area contributed by atoms with Crippen molar-refractivity contribution < 1.29 is 9.84 Å². The van der Waals surface area contributed by atoms with Gasteiger partial charge in [-0.2, -0.15) is 4.98 Å². The smallest absolute Gasteiger partial charge is 0.228 e. The predicted octanol–water partition coefficient (Wildman–Crippen LogP) is 1.93. The molecular formula is C15H17N3O2. The number of nitrogens with zero attached hydrogens (tertiary/aromatic N) is 3. The molecule has 20 heavy (non-hydrogen) atoms. The van der Waals surface area contributed by atoms with Crippen LogP contribution in [-0.4, -0.2) is 28.7 Å². The lowest BCUT2D eigenvalue weighted by Gasteiger charge is -2.20. The maximum Gasteiger partial charge on any atom is 0.228 e. The van der Waals surface area contributed by atoms with Gasteiger partial charge in [-0.05, 0) is 17.5 Å². The maximum absolute atomic E-state index is 10.2. The first-order valence-corrected chi connectivity index (χ1v) is 6.66. The van der Waals surface area contributed by atoms with Crippen molar-refractivity contribution in [3.05, 3.63) is 47.7 Å². The second-order valence-electron chi connectivity index (χ2n) is 4.82. The average molecular weight is 271 g/mol. The number of ether oxygens (including phenoxy) is 1. The zero-order valence-electron chi connectivity index (χ0n) is 11.4. The number of benzene rings is 1. The first-order chi connectivity index (χ1) is 9.78. The van der Waals surface area contributed by atoms with Crippen LogP contribution in [0, 0.1) is 0 Å². The monoisotopic (exact) mass is 271 g/mol. The van der Waals surface area contributed by atoms with Gasteiger partial charge in [0.15, 0.2) is 0 Å². The van der Waals surface area contributed by atoms with E-state index in [0.29, 0.717) is 31.3 Å². The van der Waals surface area contributed by atoms with E-state index in [-0.39, 0.29) is 0 Å². The summed E-state index contributed by atoms with van der Waals surface area (Å²) in [5, 5.41) is 10.2. The lowest BCUT2D eigenvalue weighted by molar-refractivity contribution is 0.171. The van der Waals surface area contributed by atoms with Gasteiger partial charge in [-0.15, -0.1) is 0 Å². The van der Waals surface area contributed by atoms with E-state index in [1.165, 1.54) is 0 Å². The number of fused-ring (bicyclic) bond motifs is 1. The van der Waals surface area contributed by atoms with Crippen LogP contribution in [0.4, 0.5) is 5.95 Å². The minimum absolute atomic E-state index is 0.429. The van der Waals surface area contributed by atoms with E-state index in [9.17, 15) is 5.11 Å². The lowest BCUT2D eigenvalue weighted by atomic mass is 10.0. The highest BCUT2D eigenvalue weighted by Crippen LogP contribution is 2.28. The first-order valence-electron chi connectivity index (χ1n) is 6.66. The number of aliphatic hydroxyl groups is 1. The molecule has 1 aromatic heterocycles.